The molecule has 4 rings (SSSR count). The minimum atomic E-state index is 0.260. The molecule has 34 heavy (non-hydrogen) atoms. The molecule has 0 amide bonds. The summed E-state index contributed by atoms with van der Waals surface area (Å²) in [6.45, 7) is 8.59. The van der Waals surface area contributed by atoms with E-state index in [2.05, 4.69) is 64.1 Å². The summed E-state index contributed by atoms with van der Waals surface area (Å²) in [5.41, 5.74) is 10.1. The molecule has 0 saturated carbocycles. The molecule has 0 bridgehead atoms. The number of carbonyl (C=O) groups excluding carboxylic acids is 1. The standard InChI is InChI=1S/C31H32Cl2O/c1-19-13-25(14-20(19)2)30-11-7-27(32)17-23(30)5-9-29(34)10-6-24-18-28(33)8-12-31(24)26-15-21(3)22(4)16-26/h7-8,11-18,25-26H,5-6,9-10H2,1-4H3. The minimum Gasteiger partial charge on any atom is -0.300 e. The van der Waals surface area contributed by atoms with Crippen LogP contribution in [0.25, 0.3) is 0 Å². The summed E-state index contributed by atoms with van der Waals surface area (Å²) < 4.78 is 0. The Morgan fingerprint density at radius 1 is 0.647 bits per heavy atom. The van der Waals surface area contributed by atoms with Crippen LogP contribution in [-0.2, 0) is 17.6 Å². The number of aryl methyl sites for hydroxylation is 2. The second-order valence-electron chi connectivity index (χ2n) is 9.68. The predicted molar refractivity (Wildman–Crippen MR) is 145 cm³/mol. The molecule has 0 radical (unpaired) electrons. The first-order valence-electron chi connectivity index (χ1n) is 12.0. The van der Waals surface area contributed by atoms with Gasteiger partial charge in [0, 0.05) is 34.7 Å². The van der Waals surface area contributed by atoms with E-state index in [0.29, 0.717) is 25.7 Å². The van der Waals surface area contributed by atoms with E-state index in [0.717, 1.165) is 21.2 Å². The summed E-state index contributed by atoms with van der Waals surface area (Å²) in [5.74, 6) is 0.790. The van der Waals surface area contributed by atoms with Crippen LogP contribution in [0.1, 0.15) is 74.6 Å². The zero-order valence-corrected chi connectivity index (χ0v) is 21.9. The Morgan fingerprint density at radius 2 is 1.00 bits per heavy atom. The van der Waals surface area contributed by atoms with E-state index in [-0.39, 0.29) is 17.6 Å². The topological polar surface area (TPSA) is 17.1 Å². The van der Waals surface area contributed by atoms with Gasteiger partial charge in [-0.25, -0.2) is 0 Å². The molecule has 0 aromatic heterocycles. The number of hydrogen-bond acceptors (Lipinski definition) is 1. The van der Waals surface area contributed by atoms with Gasteiger partial charge in [0.05, 0.1) is 0 Å². The molecule has 2 aromatic carbocycles. The third kappa shape index (κ3) is 5.65. The van der Waals surface area contributed by atoms with Crippen molar-refractivity contribution in [2.75, 3.05) is 0 Å². The van der Waals surface area contributed by atoms with E-state index >= 15 is 0 Å². The second-order valence-corrected chi connectivity index (χ2v) is 10.5. The van der Waals surface area contributed by atoms with Crippen molar-refractivity contribution in [3.63, 3.8) is 0 Å². The maximum atomic E-state index is 12.9. The Kier molecular flexibility index (Phi) is 7.65. The van der Waals surface area contributed by atoms with Gasteiger partial charge in [-0.15, -0.1) is 0 Å². The fourth-order valence-electron chi connectivity index (χ4n) is 4.96. The molecule has 2 aliphatic rings. The van der Waals surface area contributed by atoms with Crippen molar-refractivity contribution < 1.29 is 4.79 Å². The third-order valence-corrected chi connectivity index (χ3v) is 7.71. The number of allylic oxidation sites excluding steroid dienone is 8. The Morgan fingerprint density at radius 3 is 1.35 bits per heavy atom. The molecule has 0 saturated heterocycles. The van der Waals surface area contributed by atoms with Crippen LogP contribution in [0.15, 0.2) is 83.0 Å². The molecule has 0 N–H and O–H groups in total. The molecule has 0 atom stereocenters. The molecule has 0 unspecified atom stereocenters. The van der Waals surface area contributed by atoms with E-state index in [9.17, 15) is 4.79 Å². The van der Waals surface area contributed by atoms with Crippen LogP contribution in [0.5, 0.6) is 0 Å². The molecule has 1 nitrogen and oxygen atoms in total. The van der Waals surface area contributed by atoms with Gasteiger partial charge in [0.25, 0.3) is 0 Å². The lowest BCUT2D eigenvalue weighted by Crippen LogP contribution is -2.06. The number of hydrogen-bond donors (Lipinski definition) is 0. The minimum absolute atomic E-state index is 0.260. The van der Waals surface area contributed by atoms with Crippen molar-refractivity contribution in [3.05, 3.63) is 115 Å². The molecule has 0 fully saturated rings. The van der Waals surface area contributed by atoms with E-state index < -0.39 is 0 Å². The number of Topliss-reactive ketones (excluding diaryl/α,β-unsaturated/α-hetero) is 1. The Labute approximate surface area is 213 Å². The van der Waals surface area contributed by atoms with Gasteiger partial charge < -0.3 is 0 Å². The average Bonchev–Trinajstić information content (AvgIpc) is 3.31. The molecular formula is C31H32Cl2O. The van der Waals surface area contributed by atoms with Gasteiger partial charge in [0.15, 0.2) is 0 Å². The SMILES string of the molecule is CC1=CC(c2ccc(Cl)cc2CCC(=O)CCc2cc(Cl)ccc2C2C=C(C)C(C)=C2)C=C1C. The molecule has 0 aliphatic heterocycles. The Bertz CT molecular complexity index is 1110. The number of rotatable bonds is 8. The summed E-state index contributed by atoms with van der Waals surface area (Å²) in [7, 11) is 0. The van der Waals surface area contributed by atoms with Crippen molar-refractivity contribution in [1.82, 2.24) is 0 Å². The van der Waals surface area contributed by atoms with Crippen LogP contribution in [0.2, 0.25) is 10.0 Å². The Hall–Kier alpha value is -2.35. The molecule has 2 aliphatic carbocycles. The highest BCUT2D eigenvalue weighted by Crippen LogP contribution is 2.35. The first-order valence-corrected chi connectivity index (χ1v) is 12.8. The number of carbonyl (C=O) groups is 1. The molecule has 0 heterocycles. The first-order chi connectivity index (χ1) is 16.2. The van der Waals surface area contributed by atoms with Gasteiger partial charge >= 0.3 is 0 Å². The maximum Gasteiger partial charge on any atom is 0.133 e. The molecule has 0 spiro atoms. The van der Waals surface area contributed by atoms with Gasteiger partial charge in [0.1, 0.15) is 5.78 Å². The van der Waals surface area contributed by atoms with Crippen LogP contribution in [0, 0.1) is 0 Å². The molecule has 2 aromatic rings. The van der Waals surface area contributed by atoms with E-state index in [1.807, 2.05) is 24.3 Å². The smallest absolute Gasteiger partial charge is 0.133 e. The van der Waals surface area contributed by atoms with Gasteiger partial charge in [0.2, 0.25) is 0 Å². The lowest BCUT2D eigenvalue weighted by atomic mass is 9.90. The lowest BCUT2D eigenvalue weighted by molar-refractivity contribution is -0.119. The highest BCUT2D eigenvalue weighted by atomic mass is 35.5. The van der Waals surface area contributed by atoms with Crippen LogP contribution in [0.3, 0.4) is 0 Å². The van der Waals surface area contributed by atoms with Gasteiger partial charge in [-0.3, -0.25) is 4.79 Å². The third-order valence-electron chi connectivity index (χ3n) is 7.24. The lowest BCUT2D eigenvalue weighted by Gasteiger charge is -2.15. The monoisotopic (exact) mass is 490 g/mol. The van der Waals surface area contributed by atoms with E-state index in [1.54, 1.807) is 0 Å². The maximum absolute atomic E-state index is 12.9. The normalized spacial score (nSPS) is 16.4. The zero-order chi connectivity index (χ0) is 24.4. The van der Waals surface area contributed by atoms with Crippen molar-refractivity contribution >= 4 is 29.0 Å². The number of halogens is 2. The van der Waals surface area contributed by atoms with Crippen molar-refractivity contribution in [3.8, 4) is 0 Å². The van der Waals surface area contributed by atoms with Crippen molar-refractivity contribution in [2.45, 2.75) is 65.2 Å². The molecule has 3 heteroatoms. The fraction of sp³-hybridized carbons (Fsp3) is 0.323. The first kappa shape index (κ1) is 24.8. The van der Waals surface area contributed by atoms with E-state index in [4.69, 9.17) is 23.2 Å². The summed E-state index contributed by atoms with van der Waals surface area (Å²) >= 11 is 12.6. The zero-order valence-electron chi connectivity index (χ0n) is 20.4. The van der Waals surface area contributed by atoms with Crippen LogP contribution in [-0.4, -0.2) is 5.78 Å². The number of ketones is 1. The van der Waals surface area contributed by atoms with E-state index in [1.165, 1.54) is 33.4 Å². The van der Waals surface area contributed by atoms with Crippen LogP contribution < -0.4 is 0 Å². The Balaban J connectivity index is 1.43. The van der Waals surface area contributed by atoms with Gasteiger partial charge in [-0.1, -0.05) is 81.9 Å². The number of benzene rings is 2. The van der Waals surface area contributed by atoms with Crippen molar-refractivity contribution in [1.29, 1.82) is 0 Å². The highest BCUT2D eigenvalue weighted by Gasteiger charge is 2.19. The summed E-state index contributed by atoms with van der Waals surface area (Å²) in [5, 5.41) is 1.44. The fourth-order valence-corrected chi connectivity index (χ4v) is 5.35. The molecular weight excluding hydrogens is 459 g/mol. The van der Waals surface area contributed by atoms with Gasteiger partial charge in [-0.05, 0) is 87.1 Å². The van der Waals surface area contributed by atoms with Crippen molar-refractivity contribution in [2.24, 2.45) is 0 Å². The summed E-state index contributed by atoms with van der Waals surface area (Å²) in [6.07, 6.45) is 11.6. The largest absolute Gasteiger partial charge is 0.300 e. The quantitative estimate of drug-likeness (QED) is 0.360. The molecule has 176 valence electrons. The summed E-state index contributed by atoms with van der Waals surface area (Å²) in [6, 6.07) is 12.2. The average molecular weight is 492 g/mol. The second kappa shape index (κ2) is 10.5. The van der Waals surface area contributed by atoms with Crippen LogP contribution >= 0.6 is 23.2 Å². The van der Waals surface area contributed by atoms with Crippen LogP contribution in [0.4, 0.5) is 0 Å². The summed E-state index contributed by atoms with van der Waals surface area (Å²) in [4.78, 5) is 12.9. The highest BCUT2D eigenvalue weighted by molar-refractivity contribution is 6.31. The van der Waals surface area contributed by atoms with Gasteiger partial charge in [-0.2, -0.15) is 0 Å². The predicted octanol–water partition coefficient (Wildman–Crippen LogP) is 9.11.